The van der Waals surface area contributed by atoms with E-state index in [4.69, 9.17) is 0 Å². The van der Waals surface area contributed by atoms with Crippen molar-refractivity contribution in [3.8, 4) is 11.5 Å². The lowest BCUT2D eigenvalue weighted by Crippen LogP contribution is -2.52. The molecule has 1 saturated heterocycles. The summed E-state index contributed by atoms with van der Waals surface area (Å²) in [5.41, 5.74) is 1.04. The second-order valence-electron chi connectivity index (χ2n) is 8.30. The Bertz CT molecular complexity index is 971. The van der Waals surface area contributed by atoms with E-state index < -0.39 is 17.7 Å². The SMILES string of the molecule is CN1CCC2(c3ccc(O)c(O)c3)CCC(NC(=O)Nc3ccc(F)c(F)c3)CC12. The Balaban J connectivity index is 1.46. The molecule has 0 aromatic heterocycles. The van der Waals surface area contributed by atoms with E-state index in [0.717, 1.165) is 49.9 Å². The van der Waals surface area contributed by atoms with Crippen molar-refractivity contribution in [1.29, 1.82) is 0 Å². The van der Waals surface area contributed by atoms with Crippen LogP contribution in [0.1, 0.15) is 31.2 Å². The van der Waals surface area contributed by atoms with Gasteiger partial charge in [0, 0.05) is 29.3 Å². The van der Waals surface area contributed by atoms with Crippen LogP contribution in [0.15, 0.2) is 36.4 Å². The molecule has 2 amide bonds. The third-order valence-electron chi connectivity index (χ3n) is 6.59. The minimum absolute atomic E-state index is 0.0697. The normalized spacial score (nSPS) is 26.2. The van der Waals surface area contributed by atoms with Gasteiger partial charge in [-0.05, 0) is 69.1 Å². The molecule has 2 aliphatic rings. The zero-order valence-electron chi connectivity index (χ0n) is 16.7. The lowest BCUT2D eigenvalue weighted by molar-refractivity contribution is 0.156. The number of hydrogen-bond donors (Lipinski definition) is 4. The van der Waals surface area contributed by atoms with Crippen LogP contribution in [-0.4, -0.2) is 46.8 Å². The van der Waals surface area contributed by atoms with Crippen molar-refractivity contribution < 1.29 is 23.8 Å². The number of fused-ring (bicyclic) bond motifs is 1. The fourth-order valence-electron chi connectivity index (χ4n) is 5.01. The number of halogens is 2. The van der Waals surface area contributed by atoms with Crippen molar-refractivity contribution in [1.82, 2.24) is 10.2 Å². The van der Waals surface area contributed by atoms with Gasteiger partial charge in [0.1, 0.15) is 0 Å². The van der Waals surface area contributed by atoms with Crippen LogP contribution in [0.25, 0.3) is 0 Å². The Morgan fingerprint density at radius 2 is 1.90 bits per heavy atom. The first-order valence-electron chi connectivity index (χ1n) is 10.0. The highest BCUT2D eigenvalue weighted by atomic mass is 19.2. The van der Waals surface area contributed by atoms with E-state index in [1.54, 1.807) is 6.07 Å². The molecule has 8 heteroatoms. The van der Waals surface area contributed by atoms with E-state index in [0.29, 0.717) is 0 Å². The van der Waals surface area contributed by atoms with Crippen LogP contribution in [-0.2, 0) is 5.41 Å². The predicted molar refractivity (Wildman–Crippen MR) is 109 cm³/mol. The maximum Gasteiger partial charge on any atom is 0.319 e. The minimum atomic E-state index is -1.01. The number of phenolic OH excluding ortho intramolecular Hbond substituents is 2. The van der Waals surface area contributed by atoms with Gasteiger partial charge in [-0.3, -0.25) is 0 Å². The Labute approximate surface area is 173 Å². The second kappa shape index (κ2) is 7.75. The number of likely N-dealkylation sites (tertiary alicyclic amines) is 1. The standard InChI is InChI=1S/C22H25F2N3O3/c1-27-9-8-22(13-2-5-18(28)19(29)10-13)7-6-15(12-20(22)27)26-21(30)25-14-3-4-16(23)17(24)11-14/h2-5,10-11,15,20,28-29H,6-9,12H2,1H3,(H2,25,26,30). The molecular formula is C22H25F2N3O3. The molecule has 3 unspecified atom stereocenters. The number of nitrogens with one attached hydrogen (secondary N) is 2. The highest BCUT2D eigenvalue weighted by molar-refractivity contribution is 5.89. The van der Waals surface area contributed by atoms with Crippen molar-refractivity contribution >= 4 is 11.7 Å². The minimum Gasteiger partial charge on any atom is -0.504 e. The maximum absolute atomic E-state index is 13.3. The lowest BCUT2D eigenvalue weighted by Gasteiger charge is -2.44. The molecule has 0 spiro atoms. The number of aromatic hydroxyl groups is 2. The van der Waals surface area contributed by atoms with E-state index >= 15 is 0 Å². The maximum atomic E-state index is 13.3. The summed E-state index contributed by atoms with van der Waals surface area (Å²) in [6, 6.07) is 7.91. The number of hydrogen-bond acceptors (Lipinski definition) is 4. The summed E-state index contributed by atoms with van der Waals surface area (Å²) in [6.07, 6.45) is 3.23. The molecule has 2 fully saturated rings. The second-order valence-corrected chi connectivity index (χ2v) is 8.30. The molecule has 4 rings (SSSR count). The fraction of sp³-hybridized carbons (Fsp3) is 0.409. The molecule has 0 bridgehead atoms. The number of urea groups is 1. The molecular weight excluding hydrogens is 392 g/mol. The van der Waals surface area contributed by atoms with Gasteiger partial charge in [0.25, 0.3) is 0 Å². The van der Waals surface area contributed by atoms with E-state index in [1.807, 2.05) is 6.07 Å². The summed E-state index contributed by atoms with van der Waals surface area (Å²) in [6.45, 7) is 0.903. The van der Waals surface area contributed by atoms with E-state index in [9.17, 15) is 23.8 Å². The van der Waals surface area contributed by atoms with Gasteiger partial charge in [0.15, 0.2) is 23.1 Å². The Morgan fingerprint density at radius 1 is 1.10 bits per heavy atom. The number of carbonyl (C=O) groups is 1. The van der Waals surface area contributed by atoms with E-state index in [2.05, 4.69) is 22.6 Å². The number of phenols is 2. The molecule has 3 atom stereocenters. The predicted octanol–water partition coefficient (Wildman–Crippen LogP) is 3.69. The number of carbonyl (C=O) groups excluding carboxylic acids is 1. The molecule has 1 saturated carbocycles. The van der Waals surface area contributed by atoms with Crippen LogP contribution < -0.4 is 10.6 Å². The first kappa shape index (κ1) is 20.4. The Morgan fingerprint density at radius 3 is 2.63 bits per heavy atom. The molecule has 6 nitrogen and oxygen atoms in total. The van der Waals surface area contributed by atoms with Crippen LogP contribution >= 0.6 is 0 Å². The van der Waals surface area contributed by atoms with Crippen molar-refractivity contribution in [2.75, 3.05) is 18.9 Å². The Kier molecular flexibility index (Phi) is 5.27. The summed E-state index contributed by atoms with van der Waals surface area (Å²) in [5, 5.41) is 25.1. The fourth-order valence-corrected chi connectivity index (χ4v) is 5.01. The number of likely N-dealkylation sites (N-methyl/N-ethyl adjacent to an activating group) is 1. The number of benzene rings is 2. The molecule has 4 N–H and O–H groups in total. The number of anilines is 1. The van der Waals surface area contributed by atoms with Gasteiger partial charge in [0.2, 0.25) is 0 Å². The van der Waals surface area contributed by atoms with Gasteiger partial charge in [-0.1, -0.05) is 6.07 Å². The summed E-state index contributed by atoms with van der Waals surface area (Å²) in [4.78, 5) is 14.6. The van der Waals surface area contributed by atoms with E-state index in [1.165, 1.54) is 12.1 Å². The van der Waals surface area contributed by atoms with Gasteiger partial charge < -0.3 is 25.7 Å². The summed E-state index contributed by atoms with van der Waals surface area (Å²) in [7, 11) is 2.05. The molecule has 30 heavy (non-hydrogen) atoms. The Hall–Kier alpha value is -2.87. The molecule has 1 aliphatic heterocycles. The molecule has 1 aliphatic carbocycles. The third kappa shape index (κ3) is 3.67. The van der Waals surface area contributed by atoms with Gasteiger partial charge in [-0.25, -0.2) is 13.6 Å². The van der Waals surface area contributed by atoms with Crippen molar-refractivity contribution in [2.24, 2.45) is 0 Å². The average molecular weight is 417 g/mol. The molecule has 2 aromatic rings. The van der Waals surface area contributed by atoms with Crippen LogP contribution in [0.5, 0.6) is 11.5 Å². The topological polar surface area (TPSA) is 84.8 Å². The van der Waals surface area contributed by atoms with Crippen molar-refractivity contribution in [3.05, 3.63) is 53.6 Å². The monoisotopic (exact) mass is 417 g/mol. The summed E-state index contributed by atoms with van der Waals surface area (Å²) >= 11 is 0. The zero-order chi connectivity index (χ0) is 21.5. The zero-order valence-corrected chi connectivity index (χ0v) is 16.7. The highest BCUT2D eigenvalue weighted by Gasteiger charge is 2.50. The third-order valence-corrected chi connectivity index (χ3v) is 6.59. The molecule has 1 heterocycles. The summed E-state index contributed by atoms with van der Waals surface area (Å²) < 4.78 is 26.4. The summed E-state index contributed by atoms with van der Waals surface area (Å²) in [5.74, 6) is -2.24. The molecule has 0 radical (unpaired) electrons. The first-order chi connectivity index (χ1) is 14.3. The van der Waals surface area contributed by atoms with Gasteiger partial charge >= 0.3 is 6.03 Å². The van der Waals surface area contributed by atoms with Crippen molar-refractivity contribution in [3.63, 3.8) is 0 Å². The van der Waals surface area contributed by atoms with Crippen LogP contribution in [0.3, 0.4) is 0 Å². The molecule has 2 aromatic carbocycles. The van der Waals surface area contributed by atoms with Crippen LogP contribution in [0, 0.1) is 11.6 Å². The quantitative estimate of drug-likeness (QED) is 0.574. The smallest absolute Gasteiger partial charge is 0.319 e. The van der Waals surface area contributed by atoms with Gasteiger partial charge in [0.05, 0.1) is 0 Å². The highest BCUT2D eigenvalue weighted by Crippen LogP contribution is 2.49. The van der Waals surface area contributed by atoms with Crippen LogP contribution in [0.2, 0.25) is 0 Å². The van der Waals surface area contributed by atoms with Crippen molar-refractivity contribution in [2.45, 2.75) is 43.2 Å². The van der Waals surface area contributed by atoms with E-state index in [-0.39, 0.29) is 34.7 Å². The average Bonchev–Trinajstić information content (AvgIpc) is 3.04. The van der Waals surface area contributed by atoms with Crippen LogP contribution in [0.4, 0.5) is 19.3 Å². The number of amides is 2. The first-order valence-corrected chi connectivity index (χ1v) is 10.0. The molecule has 160 valence electrons. The largest absolute Gasteiger partial charge is 0.504 e. The van der Waals surface area contributed by atoms with Gasteiger partial charge in [-0.2, -0.15) is 0 Å². The number of nitrogens with zero attached hydrogens (tertiary/aromatic N) is 1. The lowest BCUT2D eigenvalue weighted by atomic mass is 9.65. The van der Waals surface area contributed by atoms with Gasteiger partial charge in [-0.15, -0.1) is 0 Å². The number of rotatable bonds is 3.